The number of aromatic nitrogens is 2. The maximum absolute atomic E-state index is 5.59. The van der Waals surface area contributed by atoms with Gasteiger partial charge in [-0.1, -0.05) is 25.1 Å². The Bertz CT molecular complexity index is 485. The number of para-hydroxylation sites is 1. The number of nitrogens with one attached hydrogen (secondary N) is 1. The number of hydrogen-bond donors (Lipinski definition) is 1. The van der Waals surface area contributed by atoms with Crippen molar-refractivity contribution in [3.8, 4) is 5.75 Å². The number of rotatable bonds is 9. The lowest BCUT2D eigenvalue weighted by molar-refractivity contribution is 0.303. The van der Waals surface area contributed by atoms with E-state index in [-0.39, 0.29) is 0 Å². The van der Waals surface area contributed by atoms with Crippen LogP contribution in [-0.2, 0) is 12.8 Å². The van der Waals surface area contributed by atoms with E-state index in [0.29, 0.717) is 24.8 Å². The molecule has 1 aromatic heterocycles. The molecule has 108 valence electrons. The van der Waals surface area contributed by atoms with Crippen molar-refractivity contribution in [2.24, 2.45) is 0 Å². The van der Waals surface area contributed by atoms with Crippen LogP contribution in [0.3, 0.4) is 0 Å². The highest BCUT2D eigenvalue weighted by Gasteiger charge is 2.06. The van der Waals surface area contributed by atoms with Gasteiger partial charge in [-0.05, 0) is 31.6 Å². The third kappa shape index (κ3) is 5.01. The van der Waals surface area contributed by atoms with E-state index < -0.39 is 0 Å². The molecule has 0 unspecified atom stereocenters. The third-order valence-corrected chi connectivity index (χ3v) is 2.83. The van der Waals surface area contributed by atoms with E-state index in [0.717, 1.165) is 31.7 Å². The molecule has 0 aliphatic rings. The van der Waals surface area contributed by atoms with Gasteiger partial charge in [0, 0.05) is 6.42 Å². The van der Waals surface area contributed by atoms with Gasteiger partial charge >= 0.3 is 0 Å². The van der Waals surface area contributed by atoms with Crippen molar-refractivity contribution in [1.82, 2.24) is 15.5 Å². The maximum atomic E-state index is 5.59. The Labute approximate surface area is 119 Å². The molecule has 5 nitrogen and oxygen atoms in total. The Morgan fingerprint density at radius 3 is 2.60 bits per heavy atom. The number of hydrogen-bond acceptors (Lipinski definition) is 5. The average Bonchev–Trinajstić information content (AvgIpc) is 2.93. The summed E-state index contributed by atoms with van der Waals surface area (Å²) in [6, 6.07) is 9.72. The van der Waals surface area contributed by atoms with Crippen LogP contribution in [-0.4, -0.2) is 29.9 Å². The quantitative estimate of drug-likeness (QED) is 0.711. The predicted molar refractivity (Wildman–Crippen MR) is 76.8 cm³/mol. The topological polar surface area (TPSA) is 60.2 Å². The molecule has 1 N–H and O–H groups in total. The van der Waals surface area contributed by atoms with Gasteiger partial charge < -0.3 is 14.5 Å². The molecule has 0 aliphatic heterocycles. The van der Waals surface area contributed by atoms with Crippen LogP contribution in [0.4, 0.5) is 0 Å². The van der Waals surface area contributed by atoms with Gasteiger partial charge in [-0.2, -0.15) is 0 Å². The number of ether oxygens (including phenoxy) is 1. The monoisotopic (exact) mass is 275 g/mol. The second kappa shape index (κ2) is 8.32. The molecular weight excluding hydrogens is 254 g/mol. The van der Waals surface area contributed by atoms with Gasteiger partial charge in [0.2, 0.25) is 11.8 Å². The van der Waals surface area contributed by atoms with Crippen molar-refractivity contribution in [2.75, 3.05) is 19.7 Å². The van der Waals surface area contributed by atoms with Crippen molar-refractivity contribution in [3.05, 3.63) is 42.1 Å². The van der Waals surface area contributed by atoms with Crippen molar-refractivity contribution < 1.29 is 9.15 Å². The molecule has 0 bridgehead atoms. The summed E-state index contributed by atoms with van der Waals surface area (Å²) in [4.78, 5) is 0. The van der Waals surface area contributed by atoms with Gasteiger partial charge in [-0.3, -0.25) is 0 Å². The molecule has 0 fully saturated rings. The lowest BCUT2D eigenvalue weighted by Crippen LogP contribution is -2.14. The van der Waals surface area contributed by atoms with E-state index in [1.54, 1.807) is 0 Å². The molecule has 0 spiro atoms. The molecule has 0 saturated carbocycles. The lowest BCUT2D eigenvalue weighted by Gasteiger charge is -2.03. The molecular formula is C15H21N3O2. The zero-order chi connectivity index (χ0) is 14.0. The van der Waals surface area contributed by atoms with Gasteiger partial charge in [0.1, 0.15) is 5.75 Å². The van der Waals surface area contributed by atoms with Gasteiger partial charge in [0.25, 0.3) is 0 Å². The molecule has 0 atom stereocenters. The molecule has 2 aromatic rings. The summed E-state index contributed by atoms with van der Waals surface area (Å²) >= 11 is 0. The van der Waals surface area contributed by atoms with E-state index in [1.165, 1.54) is 0 Å². The molecule has 0 amide bonds. The number of aryl methyl sites for hydroxylation is 1. The minimum Gasteiger partial charge on any atom is -0.493 e. The molecule has 5 heteroatoms. The highest BCUT2D eigenvalue weighted by Crippen LogP contribution is 2.09. The standard InChI is InChI=1S/C15H21N3O2/c1-2-16-11-6-9-14-17-18-15(20-14)10-12-19-13-7-4-3-5-8-13/h3-5,7-8,16H,2,6,9-12H2,1H3. The first kappa shape index (κ1) is 14.5. The number of benzene rings is 1. The Balaban J connectivity index is 1.67. The average molecular weight is 275 g/mol. The molecule has 20 heavy (non-hydrogen) atoms. The summed E-state index contributed by atoms with van der Waals surface area (Å²) < 4.78 is 11.2. The fourth-order valence-corrected chi connectivity index (χ4v) is 1.80. The molecule has 1 aromatic carbocycles. The van der Waals surface area contributed by atoms with E-state index in [9.17, 15) is 0 Å². The van der Waals surface area contributed by atoms with Crippen molar-refractivity contribution in [1.29, 1.82) is 0 Å². The molecule has 1 heterocycles. The summed E-state index contributed by atoms with van der Waals surface area (Å²) in [6.07, 6.45) is 2.46. The Morgan fingerprint density at radius 1 is 1.10 bits per heavy atom. The Kier molecular flexibility index (Phi) is 6.05. The summed E-state index contributed by atoms with van der Waals surface area (Å²) in [5, 5.41) is 11.3. The number of nitrogens with zero attached hydrogens (tertiary/aromatic N) is 2. The van der Waals surface area contributed by atoms with Crippen LogP contribution >= 0.6 is 0 Å². The molecule has 0 aliphatic carbocycles. The first-order valence-corrected chi connectivity index (χ1v) is 7.08. The first-order chi connectivity index (χ1) is 9.88. The van der Waals surface area contributed by atoms with Gasteiger partial charge in [-0.25, -0.2) is 0 Å². The molecule has 2 rings (SSSR count). The SMILES string of the molecule is CCNCCCc1nnc(CCOc2ccccc2)o1. The van der Waals surface area contributed by atoms with Gasteiger partial charge in [0.05, 0.1) is 13.0 Å². The van der Waals surface area contributed by atoms with Crippen molar-refractivity contribution in [3.63, 3.8) is 0 Å². The van der Waals surface area contributed by atoms with Crippen LogP contribution in [0, 0.1) is 0 Å². The van der Waals surface area contributed by atoms with E-state index in [4.69, 9.17) is 9.15 Å². The van der Waals surface area contributed by atoms with Crippen LogP contribution in [0.1, 0.15) is 25.1 Å². The predicted octanol–water partition coefficient (Wildman–Crippen LogP) is 2.23. The smallest absolute Gasteiger partial charge is 0.219 e. The zero-order valence-corrected chi connectivity index (χ0v) is 11.8. The molecule has 0 saturated heterocycles. The Hall–Kier alpha value is -1.88. The van der Waals surface area contributed by atoms with Gasteiger partial charge in [0.15, 0.2) is 0 Å². The highest BCUT2D eigenvalue weighted by atomic mass is 16.5. The van der Waals surface area contributed by atoms with E-state index >= 15 is 0 Å². The lowest BCUT2D eigenvalue weighted by atomic mass is 10.3. The van der Waals surface area contributed by atoms with E-state index in [2.05, 4.69) is 22.4 Å². The third-order valence-electron chi connectivity index (χ3n) is 2.83. The minimum absolute atomic E-state index is 0.545. The largest absolute Gasteiger partial charge is 0.493 e. The maximum Gasteiger partial charge on any atom is 0.219 e. The van der Waals surface area contributed by atoms with Crippen LogP contribution in [0.5, 0.6) is 5.75 Å². The van der Waals surface area contributed by atoms with E-state index in [1.807, 2.05) is 30.3 Å². The zero-order valence-electron chi connectivity index (χ0n) is 11.8. The summed E-state index contributed by atoms with van der Waals surface area (Å²) in [5.74, 6) is 2.20. The van der Waals surface area contributed by atoms with Crippen LogP contribution in [0.2, 0.25) is 0 Å². The normalized spacial score (nSPS) is 10.7. The fourth-order valence-electron chi connectivity index (χ4n) is 1.80. The highest BCUT2D eigenvalue weighted by molar-refractivity contribution is 5.20. The summed E-state index contributed by atoms with van der Waals surface area (Å²) in [7, 11) is 0. The second-order valence-electron chi connectivity index (χ2n) is 4.46. The van der Waals surface area contributed by atoms with Crippen LogP contribution < -0.4 is 10.1 Å². The molecule has 0 radical (unpaired) electrons. The summed E-state index contributed by atoms with van der Waals surface area (Å²) in [6.45, 7) is 4.61. The van der Waals surface area contributed by atoms with Gasteiger partial charge in [-0.15, -0.1) is 10.2 Å². The van der Waals surface area contributed by atoms with Crippen molar-refractivity contribution in [2.45, 2.75) is 26.2 Å². The Morgan fingerprint density at radius 2 is 1.85 bits per heavy atom. The first-order valence-electron chi connectivity index (χ1n) is 7.08. The fraction of sp³-hybridized carbons (Fsp3) is 0.467. The van der Waals surface area contributed by atoms with Crippen molar-refractivity contribution >= 4 is 0 Å². The van der Waals surface area contributed by atoms with Crippen LogP contribution in [0.25, 0.3) is 0 Å². The second-order valence-corrected chi connectivity index (χ2v) is 4.46. The van der Waals surface area contributed by atoms with Crippen LogP contribution in [0.15, 0.2) is 34.7 Å². The minimum atomic E-state index is 0.545. The summed E-state index contributed by atoms with van der Waals surface area (Å²) in [5.41, 5.74) is 0.